The van der Waals surface area contributed by atoms with Crippen LogP contribution in [-0.2, 0) is 9.59 Å². The lowest BCUT2D eigenvalue weighted by molar-refractivity contribution is -0.136. The lowest BCUT2D eigenvalue weighted by Gasteiger charge is -2.27. The summed E-state index contributed by atoms with van der Waals surface area (Å²) < 4.78 is 5.38. The summed E-state index contributed by atoms with van der Waals surface area (Å²) in [6, 6.07) is 9.44. The zero-order valence-corrected chi connectivity index (χ0v) is 16.6. The van der Waals surface area contributed by atoms with Crippen molar-refractivity contribution in [2.45, 2.75) is 25.3 Å². The molecule has 2 unspecified atom stereocenters. The lowest BCUT2D eigenvalue weighted by Crippen LogP contribution is -2.37. The highest BCUT2D eigenvalue weighted by Gasteiger charge is 2.41. The third-order valence-corrected chi connectivity index (χ3v) is 6.52. The summed E-state index contributed by atoms with van der Waals surface area (Å²) in [5.41, 5.74) is 0.626. The maximum Gasteiger partial charge on any atom is 0.228 e. The number of carbonyl (C=O) groups excluding carboxylic acids is 2. The molecule has 2 aliphatic rings. The van der Waals surface area contributed by atoms with Crippen LogP contribution >= 0.6 is 22.9 Å². The first kappa shape index (κ1) is 18.3. The predicted octanol–water partition coefficient (Wildman–Crippen LogP) is 4.13. The van der Waals surface area contributed by atoms with Crippen molar-refractivity contribution in [2.24, 2.45) is 5.92 Å². The molecule has 2 saturated heterocycles. The highest BCUT2D eigenvalue weighted by Crippen LogP contribution is 2.39. The predicted molar refractivity (Wildman–Crippen MR) is 106 cm³/mol. The Morgan fingerprint density at radius 3 is 2.93 bits per heavy atom. The molecule has 4 rings (SSSR count). The van der Waals surface area contributed by atoms with E-state index >= 15 is 0 Å². The van der Waals surface area contributed by atoms with Gasteiger partial charge in [0.05, 0.1) is 24.8 Å². The zero-order valence-electron chi connectivity index (χ0n) is 15.1. The van der Waals surface area contributed by atoms with Gasteiger partial charge in [0.15, 0.2) is 0 Å². The Morgan fingerprint density at radius 1 is 1.33 bits per heavy atom. The number of methoxy groups -OCH3 is 1. The Hall–Kier alpha value is -2.05. The van der Waals surface area contributed by atoms with Gasteiger partial charge in [-0.15, -0.1) is 11.3 Å². The van der Waals surface area contributed by atoms with E-state index in [2.05, 4.69) is 6.07 Å². The van der Waals surface area contributed by atoms with Crippen LogP contribution in [0.4, 0.5) is 5.69 Å². The topological polar surface area (TPSA) is 49.9 Å². The highest BCUT2D eigenvalue weighted by molar-refractivity contribution is 7.10. The van der Waals surface area contributed by atoms with Crippen molar-refractivity contribution in [3.8, 4) is 5.75 Å². The van der Waals surface area contributed by atoms with E-state index in [0.717, 1.165) is 19.4 Å². The van der Waals surface area contributed by atoms with Gasteiger partial charge >= 0.3 is 0 Å². The molecule has 0 radical (unpaired) electrons. The monoisotopic (exact) mass is 404 g/mol. The van der Waals surface area contributed by atoms with Crippen molar-refractivity contribution in [2.75, 3.05) is 25.1 Å². The minimum absolute atomic E-state index is 0.0687. The number of anilines is 1. The molecule has 0 N–H and O–H groups in total. The van der Waals surface area contributed by atoms with Crippen molar-refractivity contribution in [1.29, 1.82) is 0 Å². The van der Waals surface area contributed by atoms with E-state index in [1.807, 2.05) is 16.3 Å². The van der Waals surface area contributed by atoms with Crippen LogP contribution in [0.3, 0.4) is 0 Å². The van der Waals surface area contributed by atoms with Crippen LogP contribution in [0.25, 0.3) is 0 Å². The summed E-state index contributed by atoms with van der Waals surface area (Å²) in [5.74, 6) is 0.253. The Bertz CT molecular complexity index is 855. The van der Waals surface area contributed by atoms with Gasteiger partial charge in [-0.3, -0.25) is 9.59 Å². The van der Waals surface area contributed by atoms with Gasteiger partial charge in [-0.05, 0) is 42.5 Å². The number of ether oxygens (including phenoxy) is 1. The number of hydrogen-bond acceptors (Lipinski definition) is 4. The lowest BCUT2D eigenvalue weighted by atomic mass is 10.1. The SMILES string of the molecule is COc1ccc(Cl)cc1N1CC(C(=O)N2CCCC2c2cccs2)CC1=O. The Balaban J connectivity index is 1.54. The summed E-state index contributed by atoms with van der Waals surface area (Å²) >= 11 is 7.80. The minimum atomic E-state index is -0.332. The third-order valence-electron chi connectivity index (χ3n) is 5.31. The number of benzene rings is 1. The van der Waals surface area contributed by atoms with Crippen molar-refractivity contribution < 1.29 is 14.3 Å². The largest absolute Gasteiger partial charge is 0.495 e. The van der Waals surface area contributed by atoms with E-state index in [9.17, 15) is 9.59 Å². The molecule has 2 fully saturated rings. The quantitative estimate of drug-likeness (QED) is 0.769. The molecule has 3 heterocycles. The average molecular weight is 405 g/mol. The first-order chi connectivity index (χ1) is 13.1. The molecule has 0 spiro atoms. The zero-order chi connectivity index (χ0) is 19.0. The number of nitrogens with zero attached hydrogens (tertiary/aromatic N) is 2. The molecule has 2 aliphatic heterocycles. The van der Waals surface area contributed by atoms with Crippen LogP contribution in [0.2, 0.25) is 5.02 Å². The van der Waals surface area contributed by atoms with Crippen molar-refractivity contribution in [1.82, 2.24) is 4.90 Å². The summed E-state index contributed by atoms with van der Waals surface area (Å²) in [6.45, 7) is 1.12. The van der Waals surface area contributed by atoms with Crippen LogP contribution < -0.4 is 9.64 Å². The first-order valence-electron chi connectivity index (χ1n) is 9.06. The second-order valence-corrected chi connectivity index (χ2v) is 8.34. The smallest absolute Gasteiger partial charge is 0.228 e. The summed E-state index contributed by atoms with van der Waals surface area (Å²) in [6.07, 6.45) is 2.21. The van der Waals surface area contributed by atoms with Gasteiger partial charge in [0.1, 0.15) is 5.75 Å². The molecule has 7 heteroatoms. The van der Waals surface area contributed by atoms with Gasteiger partial charge in [-0.25, -0.2) is 0 Å². The molecule has 2 amide bonds. The van der Waals surface area contributed by atoms with Crippen LogP contribution in [0.5, 0.6) is 5.75 Å². The van der Waals surface area contributed by atoms with E-state index in [0.29, 0.717) is 23.0 Å². The van der Waals surface area contributed by atoms with Gasteiger partial charge in [0.25, 0.3) is 0 Å². The van der Waals surface area contributed by atoms with Crippen LogP contribution in [0.15, 0.2) is 35.7 Å². The summed E-state index contributed by atoms with van der Waals surface area (Å²) in [7, 11) is 1.56. The molecule has 2 aromatic rings. The molecule has 0 bridgehead atoms. The van der Waals surface area contributed by atoms with Gasteiger partial charge in [-0.1, -0.05) is 17.7 Å². The number of rotatable bonds is 4. The molecular formula is C20H21ClN2O3S. The molecule has 27 heavy (non-hydrogen) atoms. The third kappa shape index (κ3) is 3.44. The number of halogens is 1. The van der Waals surface area contributed by atoms with Gasteiger partial charge < -0.3 is 14.5 Å². The Kier molecular flexibility index (Phi) is 5.10. The second kappa shape index (κ2) is 7.52. The Morgan fingerprint density at radius 2 is 2.19 bits per heavy atom. The van der Waals surface area contributed by atoms with E-state index in [1.165, 1.54) is 4.88 Å². The number of likely N-dealkylation sites (tertiary alicyclic amines) is 1. The molecule has 0 aliphatic carbocycles. The number of thiophene rings is 1. The van der Waals surface area contributed by atoms with Crippen molar-refractivity contribution >= 4 is 40.4 Å². The molecule has 1 aromatic heterocycles. The van der Waals surface area contributed by atoms with E-state index < -0.39 is 0 Å². The van der Waals surface area contributed by atoms with E-state index in [1.54, 1.807) is 41.5 Å². The second-order valence-electron chi connectivity index (χ2n) is 6.93. The first-order valence-corrected chi connectivity index (χ1v) is 10.3. The average Bonchev–Trinajstić information content (AvgIpc) is 3.41. The molecule has 2 atom stereocenters. The number of carbonyl (C=O) groups is 2. The maximum absolute atomic E-state index is 13.2. The summed E-state index contributed by atoms with van der Waals surface area (Å²) in [5, 5.41) is 2.58. The van der Waals surface area contributed by atoms with Gasteiger partial charge in [0, 0.05) is 29.4 Å². The van der Waals surface area contributed by atoms with Crippen LogP contribution in [0, 0.1) is 5.92 Å². The van der Waals surface area contributed by atoms with Crippen LogP contribution in [0.1, 0.15) is 30.2 Å². The van der Waals surface area contributed by atoms with Gasteiger partial charge in [0.2, 0.25) is 11.8 Å². The number of hydrogen-bond donors (Lipinski definition) is 0. The van der Waals surface area contributed by atoms with Crippen molar-refractivity contribution in [3.05, 3.63) is 45.6 Å². The molecule has 142 valence electrons. The molecule has 0 saturated carbocycles. The Labute approximate surface area is 167 Å². The van der Waals surface area contributed by atoms with E-state index in [4.69, 9.17) is 16.3 Å². The highest BCUT2D eigenvalue weighted by atomic mass is 35.5. The maximum atomic E-state index is 13.2. The fourth-order valence-corrected chi connectivity index (χ4v) is 5.06. The van der Waals surface area contributed by atoms with E-state index in [-0.39, 0.29) is 30.2 Å². The van der Waals surface area contributed by atoms with Gasteiger partial charge in [-0.2, -0.15) is 0 Å². The molecular weight excluding hydrogens is 384 g/mol. The fraction of sp³-hybridized carbons (Fsp3) is 0.400. The van der Waals surface area contributed by atoms with Crippen LogP contribution in [-0.4, -0.2) is 36.9 Å². The summed E-state index contributed by atoms with van der Waals surface area (Å²) in [4.78, 5) is 30.7. The number of amides is 2. The molecule has 1 aromatic carbocycles. The standard InChI is InChI=1S/C20H21ClN2O3S/c1-26-17-7-6-14(21)11-16(17)23-12-13(10-19(23)24)20(25)22-8-2-4-15(22)18-5-3-9-27-18/h3,5-7,9,11,13,15H,2,4,8,10,12H2,1H3. The minimum Gasteiger partial charge on any atom is -0.495 e. The fourth-order valence-electron chi connectivity index (χ4n) is 4.02. The normalized spacial score (nSPS) is 22.5. The van der Waals surface area contributed by atoms with Crippen molar-refractivity contribution in [3.63, 3.8) is 0 Å². The molecule has 5 nitrogen and oxygen atoms in total.